The topological polar surface area (TPSA) is 97.4 Å². The first-order chi connectivity index (χ1) is 19.2. The molecule has 0 radical (unpaired) electrons. The van der Waals surface area contributed by atoms with Crippen molar-refractivity contribution < 1.29 is 38.1 Å². The SMILES string of the molecule is CCCc1c(OCCCOc2ccc3c(c2CCC)OC(C)(CCC(=O)OC)CC3=O)ccc(C(C)=O)c1OC. The fraction of sp³-hybridized carbons (Fsp3) is 0.531. The zero-order chi connectivity index (χ0) is 29.3. The van der Waals surface area contributed by atoms with Crippen molar-refractivity contribution in [1.82, 2.24) is 0 Å². The molecule has 218 valence electrons. The second kappa shape index (κ2) is 14.2. The zero-order valence-electron chi connectivity index (χ0n) is 24.6. The van der Waals surface area contributed by atoms with Gasteiger partial charge in [-0.25, -0.2) is 0 Å². The molecule has 40 heavy (non-hydrogen) atoms. The molecule has 0 saturated heterocycles. The number of hydrogen-bond donors (Lipinski definition) is 0. The number of carbonyl (C=O) groups is 3. The van der Waals surface area contributed by atoms with E-state index in [4.69, 9.17) is 23.7 Å². The van der Waals surface area contributed by atoms with E-state index in [9.17, 15) is 14.4 Å². The Bertz CT molecular complexity index is 1220. The van der Waals surface area contributed by atoms with Gasteiger partial charge >= 0.3 is 5.97 Å². The van der Waals surface area contributed by atoms with E-state index >= 15 is 0 Å². The minimum absolute atomic E-state index is 0.0000204. The molecule has 3 rings (SSSR count). The van der Waals surface area contributed by atoms with Crippen LogP contribution in [0.5, 0.6) is 23.0 Å². The number of fused-ring (bicyclic) bond motifs is 1. The summed E-state index contributed by atoms with van der Waals surface area (Å²) in [5, 5.41) is 0. The fourth-order valence-electron chi connectivity index (χ4n) is 5.06. The average molecular weight is 555 g/mol. The van der Waals surface area contributed by atoms with Crippen molar-refractivity contribution in [1.29, 1.82) is 0 Å². The molecule has 0 amide bonds. The second-order valence-electron chi connectivity index (χ2n) is 10.4. The third kappa shape index (κ3) is 7.34. The van der Waals surface area contributed by atoms with Gasteiger partial charge < -0.3 is 23.7 Å². The van der Waals surface area contributed by atoms with Crippen LogP contribution in [0.15, 0.2) is 24.3 Å². The van der Waals surface area contributed by atoms with Gasteiger partial charge in [0, 0.05) is 24.0 Å². The Kier molecular flexibility index (Phi) is 11.0. The quantitative estimate of drug-likeness (QED) is 0.143. The van der Waals surface area contributed by atoms with Crippen LogP contribution in [0.1, 0.15) is 98.1 Å². The van der Waals surface area contributed by atoms with E-state index in [0.29, 0.717) is 66.6 Å². The highest BCUT2D eigenvalue weighted by Crippen LogP contribution is 2.42. The first kappa shape index (κ1) is 31.0. The molecule has 1 atom stereocenters. The maximum Gasteiger partial charge on any atom is 0.305 e. The molecule has 0 aromatic heterocycles. The van der Waals surface area contributed by atoms with E-state index in [1.165, 1.54) is 14.0 Å². The molecular weight excluding hydrogens is 512 g/mol. The summed E-state index contributed by atoms with van der Waals surface area (Å²) in [6.07, 6.45) is 4.57. The molecule has 2 aromatic rings. The van der Waals surface area contributed by atoms with E-state index in [-0.39, 0.29) is 30.4 Å². The Hall–Kier alpha value is -3.55. The van der Waals surface area contributed by atoms with Crippen LogP contribution in [0.2, 0.25) is 0 Å². The summed E-state index contributed by atoms with van der Waals surface area (Å²) in [4.78, 5) is 36.8. The molecule has 8 heteroatoms. The number of methoxy groups -OCH3 is 2. The van der Waals surface area contributed by atoms with Gasteiger partial charge in [-0.1, -0.05) is 26.7 Å². The standard InChI is InChI=1S/C32H42O8/c1-7-10-24-27(14-12-22(21(3)33)30(24)37-6)38-18-9-19-39-28-15-13-23-26(34)20-32(4,17-16-29(35)36-5)40-31(23)25(28)11-8-2/h12-15H,7-11,16-20H2,1-6H3. The van der Waals surface area contributed by atoms with Gasteiger partial charge in [0.2, 0.25) is 0 Å². The van der Waals surface area contributed by atoms with E-state index in [2.05, 4.69) is 13.8 Å². The van der Waals surface area contributed by atoms with Gasteiger partial charge in [-0.15, -0.1) is 0 Å². The van der Waals surface area contributed by atoms with Crippen LogP contribution in [0.4, 0.5) is 0 Å². The average Bonchev–Trinajstić information content (AvgIpc) is 2.93. The van der Waals surface area contributed by atoms with Crippen LogP contribution in [-0.2, 0) is 22.4 Å². The van der Waals surface area contributed by atoms with Gasteiger partial charge in [0.15, 0.2) is 11.6 Å². The number of benzene rings is 2. The molecule has 0 saturated carbocycles. The van der Waals surface area contributed by atoms with Crippen molar-refractivity contribution in [2.75, 3.05) is 27.4 Å². The van der Waals surface area contributed by atoms with E-state index in [1.807, 2.05) is 19.1 Å². The summed E-state index contributed by atoms with van der Waals surface area (Å²) in [5.41, 5.74) is 2.09. The largest absolute Gasteiger partial charge is 0.496 e. The van der Waals surface area contributed by atoms with E-state index in [1.54, 1.807) is 19.2 Å². The number of ether oxygens (including phenoxy) is 5. The lowest BCUT2D eigenvalue weighted by molar-refractivity contribution is -0.141. The van der Waals surface area contributed by atoms with Crippen LogP contribution in [-0.4, -0.2) is 50.6 Å². The Morgan fingerprint density at radius 2 is 1.57 bits per heavy atom. The Labute approximate surface area is 237 Å². The number of rotatable bonds is 15. The summed E-state index contributed by atoms with van der Waals surface area (Å²) in [7, 11) is 2.93. The molecule has 1 aliphatic rings. The third-order valence-electron chi connectivity index (χ3n) is 7.09. The molecule has 0 fully saturated rings. The maximum atomic E-state index is 13.0. The zero-order valence-corrected chi connectivity index (χ0v) is 24.6. The van der Waals surface area contributed by atoms with Crippen molar-refractivity contribution in [2.24, 2.45) is 0 Å². The van der Waals surface area contributed by atoms with Crippen LogP contribution in [0.3, 0.4) is 0 Å². The predicted octanol–water partition coefficient (Wildman–Crippen LogP) is 6.33. The van der Waals surface area contributed by atoms with Crippen molar-refractivity contribution in [3.63, 3.8) is 0 Å². The van der Waals surface area contributed by atoms with E-state index < -0.39 is 5.60 Å². The number of carbonyl (C=O) groups excluding carboxylic acids is 3. The van der Waals surface area contributed by atoms with Crippen molar-refractivity contribution >= 4 is 17.5 Å². The Morgan fingerprint density at radius 3 is 2.17 bits per heavy atom. The highest BCUT2D eigenvalue weighted by molar-refractivity contribution is 6.01. The highest BCUT2D eigenvalue weighted by Gasteiger charge is 2.38. The molecule has 0 spiro atoms. The molecule has 1 heterocycles. The number of ketones is 2. The molecule has 0 bridgehead atoms. The van der Waals surface area contributed by atoms with Gasteiger partial charge in [0.25, 0.3) is 0 Å². The Balaban J connectivity index is 1.70. The monoisotopic (exact) mass is 554 g/mol. The molecular formula is C32H42O8. The first-order valence-electron chi connectivity index (χ1n) is 14.1. The number of esters is 1. The number of hydrogen-bond acceptors (Lipinski definition) is 8. The van der Waals surface area contributed by atoms with Crippen LogP contribution in [0, 0.1) is 0 Å². The third-order valence-corrected chi connectivity index (χ3v) is 7.09. The van der Waals surface area contributed by atoms with Crippen LogP contribution in [0.25, 0.3) is 0 Å². The molecule has 1 aliphatic heterocycles. The summed E-state index contributed by atoms with van der Waals surface area (Å²) in [6.45, 7) is 8.37. The summed E-state index contributed by atoms with van der Waals surface area (Å²) in [6, 6.07) is 7.19. The fourth-order valence-corrected chi connectivity index (χ4v) is 5.06. The highest BCUT2D eigenvalue weighted by atomic mass is 16.5. The number of Topliss-reactive ketones (excluding diaryl/α,β-unsaturated/α-hetero) is 2. The van der Waals surface area contributed by atoms with Gasteiger partial charge in [0.1, 0.15) is 28.6 Å². The maximum absolute atomic E-state index is 13.0. The van der Waals surface area contributed by atoms with Crippen molar-refractivity contribution in [3.8, 4) is 23.0 Å². The van der Waals surface area contributed by atoms with Crippen LogP contribution < -0.4 is 18.9 Å². The molecule has 1 unspecified atom stereocenters. The van der Waals surface area contributed by atoms with Gasteiger partial charge in [0.05, 0.1) is 45.0 Å². The predicted molar refractivity (Wildman–Crippen MR) is 152 cm³/mol. The lowest BCUT2D eigenvalue weighted by Crippen LogP contribution is -2.40. The molecule has 0 N–H and O–H groups in total. The molecule has 2 aromatic carbocycles. The molecule has 8 nitrogen and oxygen atoms in total. The minimum atomic E-state index is -0.789. The normalized spacial score (nSPS) is 16.1. The van der Waals surface area contributed by atoms with Crippen molar-refractivity contribution in [2.45, 2.75) is 84.7 Å². The molecule has 0 aliphatic carbocycles. The van der Waals surface area contributed by atoms with E-state index in [0.717, 1.165) is 30.4 Å². The van der Waals surface area contributed by atoms with Gasteiger partial charge in [-0.05, 0) is 57.4 Å². The minimum Gasteiger partial charge on any atom is -0.496 e. The summed E-state index contributed by atoms with van der Waals surface area (Å²) < 4.78 is 29.0. The van der Waals surface area contributed by atoms with Crippen molar-refractivity contribution in [3.05, 3.63) is 46.5 Å². The Morgan fingerprint density at radius 1 is 0.950 bits per heavy atom. The lowest BCUT2D eigenvalue weighted by Gasteiger charge is -2.36. The van der Waals surface area contributed by atoms with Gasteiger partial charge in [-0.3, -0.25) is 14.4 Å². The first-order valence-corrected chi connectivity index (χ1v) is 14.1. The van der Waals surface area contributed by atoms with Gasteiger partial charge in [-0.2, -0.15) is 0 Å². The lowest BCUT2D eigenvalue weighted by atomic mass is 9.86. The summed E-state index contributed by atoms with van der Waals surface area (Å²) >= 11 is 0. The smallest absolute Gasteiger partial charge is 0.305 e. The second-order valence-corrected chi connectivity index (χ2v) is 10.4. The summed E-state index contributed by atoms with van der Waals surface area (Å²) in [5.74, 6) is 2.16. The van der Waals surface area contributed by atoms with Crippen LogP contribution >= 0.6 is 0 Å².